The fourth-order valence-corrected chi connectivity index (χ4v) is 4.28. The minimum atomic E-state index is 0.0147. The van der Waals surface area contributed by atoms with Gasteiger partial charge in [0.05, 0.1) is 22.3 Å². The fraction of sp³-hybridized carbons (Fsp3) is 0.261. The summed E-state index contributed by atoms with van der Waals surface area (Å²) in [6.45, 7) is 6.92. The first-order valence-electron chi connectivity index (χ1n) is 9.69. The van der Waals surface area contributed by atoms with E-state index in [0.717, 1.165) is 27.3 Å². The van der Waals surface area contributed by atoms with Crippen LogP contribution in [-0.2, 0) is 11.8 Å². The Balaban J connectivity index is 1.69. The maximum Gasteiger partial charge on any atom is 0.266 e. The van der Waals surface area contributed by atoms with Gasteiger partial charge in [-0.25, -0.2) is 4.99 Å². The topological polar surface area (TPSA) is 50.5 Å². The van der Waals surface area contributed by atoms with Gasteiger partial charge in [-0.15, -0.1) is 0 Å². The molecular formula is C23H24N4OS. The molecule has 0 bridgehead atoms. The first-order valence-corrected chi connectivity index (χ1v) is 10.5. The van der Waals surface area contributed by atoms with Crippen molar-refractivity contribution >= 4 is 45.5 Å². The van der Waals surface area contributed by atoms with E-state index in [9.17, 15) is 4.79 Å². The zero-order valence-electron chi connectivity index (χ0n) is 17.1. The zero-order chi connectivity index (χ0) is 20.5. The molecule has 5 nitrogen and oxygen atoms in total. The van der Waals surface area contributed by atoms with Crippen LogP contribution >= 0.6 is 11.8 Å². The summed E-state index contributed by atoms with van der Waals surface area (Å²) in [5.74, 6) is 0.370. The van der Waals surface area contributed by atoms with E-state index < -0.39 is 0 Å². The second-order valence-corrected chi connectivity index (χ2v) is 8.75. The van der Waals surface area contributed by atoms with E-state index in [-0.39, 0.29) is 5.91 Å². The number of aromatic nitrogens is 2. The van der Waals surface area contributed by atoms with E-state index in [1.54, 1.807) is 4.90 Å². The quantitative estimate of drug-likeness (QED) is 0.566. The van der Waals surface area contributed by atoms with Crippen molar-refractivity contribution in [3.63, 3.8) is 0 Å². The van der Waals surface area contributed by atoms with Crippen molar-refractivity contribution in [2.24, 2.45) is 18.0 Å². The predicted octanol–water partition coefficient (Wildman–Crippen LogP) is 5.14. The van der Waals surface area contributed by atoms with E-state index >= 15 is 0 Å². The lowest BCUT2D eigenvalue weighted by atomic mass is 10.1. The number of hydrogen-bond donors (Lipinski definition) is 0. The lowest BCUT2D eigenvalue weighted by Gasteiger charge is -2.17. The Bertz CT molecular complexity index is 1130. The van der Waals surface area contributed by atoms with Crippen LogP contribution in [0.2, 0.25) is 0 Å². The molecule has 1 aliphatic rings. The van der Waals surface area contributed by atoms with Crippen molar-refractivity contribution in [2.75, 3.05) is 6.54 Å². The van der Waals surface area contributed by atoms with Gasteiger partial charge in [0.25, 0.3) is 5.91 Å². The molecule has 3 aromatic rings. The summed E-state index contributed by atoms with van der Waals surface area (Å²) in [5.41, 5.74) is 4.11. The third-order valence-corrected chi connectivity index (χ3v) is 5.77. The summed E-state index contributed by atoms with van der Waals surface area (Å²) < 4.78 is 1.85. The fourth-order valence-electron chi connectivity index (χ4n) is 3.27. The summed E-state index contributed by atoms with van der Waals surface area (Å²) in [7, 11) is 1.93. The molecule has 0 N–H and O–H groups in total. The van der Waals surface area contributed by atoms with Gasteiger partial charge in [0, 0.05) is 19.0 Å². The second-order valence-electron chi connectivity index (χ2n) is 7.74. The Morgan fingerprint density at radius 2 is 1.93 bits per heavy atom. The van der Waals surface area contributed by atoms with Gasteiger partial charge in [-0.2, -0.15) is 5.10 Å². The summed E-state index contributed by atoms with van der Waals surface area (Å²) in [4.78, 5) is 20.4. The molecule has 0 atom stereocenters. The third kappa shape index (κ3) is 4.12. The van der Waals surface area contributed by atoms with Gasteiger partial charge < -0.3 is 0 Å². The molecule has 6 heteroatoms. The largest absolute Gasteiger partial charge is 0.286 e. The molecule has 1 saturated heterocycles. The Kier molecular flexibility index (Phi) is 5.28. The Hall–Kier alpha value is -2.86. The van der Waals surface area contributed by atoms with Crippen LogP contribution < -0.4 is 0 Å². The van der Waals surface area contributed by atoms with Crippen molar-refractivity contribution in [1.29, 1.82) is 0 Å². The number of aliphatic imine (C=N–C) groups is 1. The molecule has 148 valence electrons. The van der Waals surface area contributed by atoms with Crippen LogP contribution in [0.4, 0.5) is 5.69 Å². The first kappa shape index (κ1) is 19.5. The zero-order valence-corrected chi connectivity index (χ0v) is 17.9. The third-order valence-electron chi connectivity index (χ3n) is 4.76. The van der Waals surface area contributed by atoms with Crippen LogP contribution in [0.25, 0.3) is 17.0 Å². The lowest BCUT2D eigenvalue weighted by molar-refractivity contribution is -0.122. The summed E-state index contributed by atoms with van der Waals surface area (Å²) in [6.07, 6.45) is 3.79. The van der Waals surface area contributed by atoms with E-state index in [4.69, 9.17) is 4.99 Å². The minimum absolute atomic E-state index is 0.0147. The van der Waals surface area contributed by atoms with Gasteiger partial charge in [-0.1, -0.05) is 37.6 Å². The van der Waals surface area contributed by atoms with E-state index in [2.05, 4.69) is 31.9 Å². The Morgan fingerprint density at radius 3 is 2.66 bits per heavy atom. The lowest BCUT2D eigenvalue weighted by Crippen LogP contribution is -2.32. The van der Waals surface area contributed by atoms with Gasteiger partial charge in [0.15, 0.2) is 5.17 Å². The molecule has 0 saturated carbocycles. The summed E-state index contributed by atoms with van der Waals surface area (Å²) >= 11 is 1.44. The van der Waals surface area contributed by atoms with Crippen molar-refractivity contribution in [3.05, 3.63) is 64.7 Å². The van der Waals surface area contributed by atoms with Crippen molar-refractivity contribution < 1.29 is 4.79 Å². The van der Waals surface area contributed by atoms with Gasteiger partial charge in [0.2, 0.25) is 0 Å². The number of thioether (sulfide) groups is 1. The molecule has 1 amide bonds. The van der Waals surface area contributed by atoms with E-state index in [1.807, 2.05) is 60.4 Å². The Labute approximate surface area is 175 Å². The van der Waals surface area contributed by atoms with Crippen LogP contribution in [0.15, 0.2) is 58.6 Å². The molecule has 0 radical (unpaired) electrons. The number of fused-ring (bicyclic) bond motifs is 1. The maximum atomic E-state index is 13.1. The smallest absolute Gasteiger partial charge is 0.266 e. The summed E-state index contributed by atoms with van der Waals surface area (Å²) in [6, 6.07) is 14.2. The maximum absolute atomic E-state index is 13.1. The molecule has 0 aliphatic carbocycles. The van der Waals surface area contributed by atoms with Gasteiger partial charge >= 0.3 is 0 Å². The number of rotatable bonds is 4. The van der Waals surface area contributed by atoms with Crippen molar-refractivity contribution in [1.82, 2.24) is 14.7 Å². The number of amidine groups is 1. The monoisotopic (exact) mass is 404 g/mol. The molecule has 0 unspecified atom stereocenters. The average molecular weight is 405 g/mol. The molecule has 1 fully saturated rings. The number of aryl methyl sites for hydroxylation is 2. The summed E-state index contributed by atoms with van der Waals surface area (Å²) in [5, 5.41) is 6.09. The molecule has 2 heterocycles. The number of carbonyl (C=O) groups is 1. The van der Waals surface area contributed by atoms with Crippen molar-refractivity contribution in [3.8, 4) is 0 Å². The molecule has 4 rings (SSSR count). The molecular weight excluding hydrogens is 380 g/mol. The Morgan fingerprint density at radius 1 is 1.17 bits per heavy atom. The van der Waals surface area contributed by atoms with Crippen LogP contribution in [0.1, 0.15) is 25.0 Å². The normalized spacial score (nSPS) is 17.4. The number of nitrogens with zero attached hydrogens (tertiary/aromatic N) is 4. The average Bonchev–Trinajstić information content (AvgIpc) is 3.18. The van der Waals surface area contributed by atoms with Crippen LogP contribution in [0, 0.1) is 12.8 Å². The minimum Gasteiger partial charge on any atom is -0.286 e. The molecule has 0 spiro atoms. The van der Waals surface area contributed by atoms with E-state index in [0.29, 0.717) is 17.4 Å². The second kappa shape index (κ2) is 7.87. The molecule has 2 aromatic carbocycles. The van der Waals surface area contributed by atoms with E-state index in [1.165, 1.54) is 17.3 Å². The first-order chi connectivity index (χ1) is 13.9. The van der Waals surface area contributed by atoms with Crippen molar-refractivity contribution in [2.45, 2.75) is 20.8 Å². The molecule has 1 aliphatic heterocycles. The number of carbonyl (C=O) groups excluding carboxylic acids is 1. The highest BCUT2D eigenvalue weighted by Gasteiger charge is 2.33. The van der Waals surface area contributed by atoms with Gasteiger partial charge in [0.1, 0.15) is 0 Å². The number of amides is 1. The highest BCUT2D eigenvalue weighted by molar-refractivity contribution is 8.18. The highest BCUT2D eigenvalue weighted by Crippen LogP contribution is 2.35. The molecule has 29 heavy (non-hydrogen) atoms. The number of benzene rings is 2. The number of hydrogen-bond acceptors (Lipinski definition) is 4. The molecule has 1 aromatic heterocycles. The van der Waals surface area contributed by atoms with Crippen LogP contribution in [0.3, 0.4) is 0 Å². The highest BCUT2D eigenvalue weighted by atomic mass is 32.2. The van der Waals surface area contributed by atoms with Gasteiger partial charge in [-0.3, -0.25) is 14.4 Å². The predicted molar refractivity (Wildman–Crippen MR) is 121 cm³/mol. The van der Waals surface area contributed by atoms with Crippen LogP contribution in [-0.4, -0.2) is 32.3 Å². The van der Waals surface area contributed by atoms with Crippen LogP contribution in [0.5, 0.6) is 0 Å². The SMILES string of the molecule is Cc1ccc(N=C2SC(=Cc3ccc4c(cnn4C)c3)C(=O)N2CC(C)C)cc1. The standard InChI is InChI=1S/C23H24N4OS/c1-15(2)14-27-22(28)21(29-23(27)25-19-8-5-16(3)6-9-19)12-17-7-10-20-18(11-17)13-24-26(20)4/h5-13,15H,14H2,1-4H3. The van der Waals surface area contributed by atoms with Gasteiger partial charge in [-0.05, 0) is 60.5 Å².